The van der Waals surface area contributed by atoms with Crippen molar-refractivity contribution in [3.8, 4) is 0 Å². The topological polar surface area (TPSA) is 65.8 Å². The first-order valence-corrected chi connectivity index (χ1v) is 9.70. The molecule has 1 aliphatic heterocycles. The van der Waals surface area contributed by atoms with Gasteiger partial charge in [0.2, 0.25) is 0 Å². The van der Waals surface area contributed by atoms with E-state index >= 15 is 0 Å². The van der Waals surface area contributed by atoms with Gasteiger partial charge in [0, 0.05) is 44.8 Å². The quantitative estimate of drug-likeness (QED) is 0.753. The monoisotopic (exact) mass is 378 g/mol. The van der Waals surface area contributed by atoms with E-state index in [1.165, 1.54) is 0 Å². The van der Waals surface area contributed by atoms with Crippen LogP contribution in [0.2, 0.25) is 0 Å². The number of pyridine rings is 2. The second kappa shape index (κ2) is 7.98. The SMILES string of the molecule is Cc1ccn2cc(C(=O)NCc3ccc(N4CCCN(C)CC4)nc3)nc2c1. The number of rotatable bonds is 4. The normalized spacial score (nSPS) is 15.6. The fourth-order valence-corrected chi connectivity index (χ4v) is 3.45. The van der Waals surface area contributed by atoms with Crippen LogP contribution in [-0.4, -0.2) is 58.4 Å². The molecule has 1 saturated heterocycles. The van der Waals surface area contributed by atoms with E-state index in [1.807, 2.05) is 48.0 Å². The molecule has 0 saturated carbocycles. The Balaban J connectivity index is 1.37. The summed E-state index contributed by atoms with van der Waals surface area (Å²) < 4.78 is 1.86. The van der Waals surface area contributed by atoms with E-state index < -0.39 is 0 Å². The largest absolute Gasteiger partial charge is 0.355 e. The van der Waals surface area contributed by atoms with E-state index in [0.717, 1.165) is 55.2 Å². The number of amides is 1. The zero-order valence-corrected chi connectivity index (χ0v) is 16.4. The highest BCUT2D eigenvalue weighted by Crippen LogP contribution is 2.14. The summed E-state index contributed by atoms with van der Waals surface area (Å²) in [6.45, 7) is 6.64. The van der Waals surface area contributed by atoms with Gasteiger partial charge in [0.05, 0.1) is 0 Å². The van der Waals surface area contributed by atoms with Crippen molar-refractivity contribution in [2.45, 2.75) is 19.9 Å². The molecule has 4 heterocycles. The van der Waals surface area contributed by atoms with Gasteiger partial charge >= 0.3 is 0 Å². The summed E-state index contributed by atoms with van der Waals surface area (Å²) in [5.41, 5.74) is 3.29. The first-order chi connectivity index (χ1) is 13.6. The number of likely N-dealkylation sites (N-methyl/N-ethyl adjacent to an activating group) is 1. The molecule has 0 spiro atoms. The third-order valence-electron chi connectivity index (χ3n) is 5.15. The third kappa shape index (κ3) is 4.14. The molecule has 1 amide bonds. The fraction of sp³-hybridized carbons (Fsp3) is 0.381. The van der Waals surface area contributed by atoms with Gasteiger partial charge in [0.1, 0.15) is 17.2 Å². The van der Waals surface area contributed by atoms with Crippen molar-refractivity contribution in [2.75, 3.05) is 38.1 Å². The van der Waals surface area contributed by atoms with Gasteiger partial charge in [-0.05, 0) is 56.3 Å². The molecule has 7 nitrogen and oxygen atoms in total. The first-order valence-electron chi connectivity index (χ1n) is 9.70. The van der Waals surface area contributed by atoms with Crippen molar-refractivity contribution in [2.24, 2.45) is 0 Å². The number of imidazole rings is 1. The molecular formula is C21H26N6O. The van der Waals surface area contributed by atoms with Gasteiger partial charge in [-0.1, -0.05) is 6.07 Å². The Bertz CT molecular complexity index is 965. The fourth-order valence-electron chi connectivity index (χ4n) is 3.45. The number of fused-ring (bicyclic) bond motifs is 1. The number of aromatic nitrogens is 3. The highest BCUT2D eigenvalue weighted by atomic mass is 16.1. The van der Waals surface area contributed by atoms with Gasteiger partial charge in [0.25, 0.3) is 5.91 Å². The number of hydrogen-bond donors (Lipinski definition) is 1. The Kier molecular flexibility index (Phi) is 5.25. The molecule has 0 bridgehead atoms. The van der Waals surface area contributed by atoms with Gasteiger partial charge in [-0.2, -0.15) is 0 Å². The number of hydrogen-bond acceptors (Lipinski definition) is 5. The molecule has 1 N–H and O–H groups in total. The molecule has 28 heavy (non-hydrogen) atoms. The summed E-state index contributed by atoms with van der Waals surface area (Å²) in [5, 5.41) is 2.93. The van der Waals surface area contributed by atoms with E-state index in [4.69, 9.17) is 0 Å². The molecule has 1 aliphatic rings. The molecule has 3 aromatic rings. The Labute approximate surface area is 165 Å². The van der Waals surface area contributed by atoms with Gasteiger partial charge in [-0.25, -0.2) is 9.97 Å². The summed E-state index contributed by atoms with van der Waals surface area (Å²) in [6, 6.07) is 8.02. The number of nitrogens with zero attached hydrogens (tertiary/aromatic N) is 5. The Morgan fingerprint density at radius 2 is 2.07 bits per heavy atom. The predicted octanol–water partition coefficient (Wildman–Crippen LogP) is 2.11. The molecule has 4 rings (SSSR count). The summed E-state index contributed by atoms with van der Waals surface area (Å²) >= 11 is 0. The van der Waals surface area contributed by atoms with Crippen LogP contribution in [0.5, 0.6) is 0 Å². The highest BCUT2D eigenvalue weighted by molar-refractivity contribution is 5.92. The van der Waals surface area contributed by atoms with E-state index in [0.29, 0.717) is 12.2 Å². The molecule has 0 atom stereocenters. The van der Waals surface area contributed by atoms with E-state index in [9.17, 15) is 4.79 Å². The van der Waals surface area contributed by atoms with Crippen LogP contribution < -0.4 is 10.2 Å². The maximum Gasteiger partial charge on any atom is 0.271 e. The maximum atomic E-state index is 12.4. The second-order valence-corrected chi connectivity index (χ2v) is 7.45. The van der Waals surface area contributed by atoms with Crippen molar-refractivity contribution in [1.29, 1.82) is 0 Å². The van der Waals surface area contributed by atoms with Crippen molar-refractivity contribution in [1.82, 2.24) is 24.6 Å². The lowest BCUT2D eigenvalue weighted by Gasteiger charge is -2.21. The van der Waals surface area contributed by atoms with E-state index in [-0.39, 0.29) is 5.91 Å². The van der Waals surface area contributed by atoms with Crippen molar-refractivity contribution in [3.05, 3.63) is 59.7 Å². The number of anilines is 1. The van der Waals surface area contributed by atoms with Crippen LogP contribution in [0.3, 0.4) is 0 Å². The Morgan fingerprint density at radius 3 is 2.89 bits per heavy atom. The molecule has 3 aromatic heterocycles. The summed E-state index contributed by atoms with van der Waals surface area (Å²) in [4.78, 5) is 26.1. The molecule has 146 valence electrons. The number of carbonyl (C=O) groups is 1. The maximum absolute atomic E-state index is 12.4. The van der Waals surface area contributed by atoms with Crippen LogP contribution in [0, 0.1) is 6.92 Å². The average molecular weight is 378 g/mol. The van der Waals surface area contributed by atoms with Gasteiger partial charge in [-0.15, -0.1) is 0 Å². The number of nitrogens with one attached hydrogen (secondary N) is 1. The smallest absolute Gasteiger partial charge is 0.271 e. The lowest BCUT2D eigenvalue weighted by molar-refractivity contribution is 0.0946. The number of aryl methyl sites for hydroxylation is 1. The Morgan fingerprint density at radius 1 is 1.18 bits per heavy atom. The van der Waals surface area contributed by atoms with E-state index in [1.54, 1.807) is 6.20 Å². The van der Waals surface area contributed by atoms with Crippen LogP contribution in [0.25, 0.3) is 5.65 Å². The minimum absolute atomic E-state index is 0.180. The molecule has 7 heteroatoms. The zero-order chi connectivity index (χ0) is 19.5. The molecule has 0 radical (unpaired) electrons. The van der Waals surface area contributed by atoms with E-state index in [2.05, 4.69) is 32.1 Å². The lowest BCUT2D eigenvalue weighted by atomic mass is 10.2. The molecule has 0 aromatic carbocycles. The minimum Gasteiger partial charge on any atom is -0.355 e. The Hall–Kier alpha value is -2.93. The van der Waals surface area contributed by atoms with Gasteiger partial charge in [0.15, 0.2) is 0 Å². The third-order valence-corrected chi connectivity index (χ3v) is 5.15. The second-order valence-electron chi connectivity index (χ2n) is 7.45. The lowest BCUT2D eigenvalue weighted by Crippen LogP contribution is -2.29. The molecule has 0 aliphatic carbocycles. The molecule has 0 unspecified atom stereocenters. The molecule has 1 fully saturated rings. The van der Waals surface area contributed by atoms with Crippen LogP contribution in [0.15, 0.2) is 42.9 Å². The van der Waals surface area contributed by atoms with Gasteiger partial charge in [-0.3, -0.25) is 4.79 Å². The average Bonchev–Trinajstić information content (AvgIpc) is 3.00. The standard InChI is InChI=1S/C21H26N6O/c1-16-6-9-27-15-18(24-20(27)12-16)21(28)23-14-17-4-5-19(22-13-17)26-8-3-7-25(2)10-11-26/h4-6,9,12-13,15H,3,7-8,10-11,14H2,1-2H3,(H,23,28). The summed E-state index contributed by atoms with van der Waals surface area (Å²) in [7, 11) is 2.16. The summed E-state index contributed by atoms with van der Waals surface area (Å²) in [5.74, 6) is 0.821. The van der Waals surface area contributed by atoms with Crippen LogP contribution >= 0.6 is 0 Å². The van der Waals surface area contributed by atoms with Crippen LogP contribution in [0.4, 0.5) is 5.82 Å². The van der Waals surface area contributed by atoms with Crippen molar-refractivity contribution < 1.29 is 4.79 Å². The minimum atomic E-state index is -0.180. The zero-order valence-electron chi connectivity index (χ0n) is 16.4. The first kappa shape index (κ1) is 18.4. The van der Waals surface area contributed by atoms with Crippen molar-refractivity contribution >= 4 is 17.4 Å². The van der Waals surface area contributed by atoms with Crippen LogP contribution in [-0.2, 0) is 6.54 Å². The summed E-state index contributed by atoms with van der Waals surface area (Å²) in [6.07, 6.45) is 6.66. The van der Waals surface area contributed by atoms with Crippen LogP contribution in [0.1, 0.15) is 28.0 Å². The van der Waals surface area contributed by atoms with Gasteiger partial charge < -0.3 is 19.5 Å². The number of carbonyl (C=O) groups excluding carboxylic acids is 1. The highest BCUT2D eigenvalue weighted by Gasteiger charge is 2.14. The predicted molar refractivity (Wildman–Crippen MR) is 110 cm³/mol. The molecular weight excluding hydrogens is 352 g/mol. The van der Waals surface area contributed by atoms with Crippen molar-refractivity contribution in [3.63, 3.8) is 0 Å².